The zero-order valence-electron chi connectivity index (χ0n) is 9.98. The van der Waals surface area contributed by atoms with Crippen LogP contribution in [0, 0.1) is 0 Å². The fourth-order valence-electron chi connectivity index (χ4n) is 1.66. The average molecular weight is 315 g/mol. The molecule has 3 nitrogen and oxygen atoms in total. The molecule has 1 aromatic carbocycles. The molecule has 0 aliphatic heterocycles. The molecule has 1 atom stereocenters. The molecule has 2 rings (SSSR count). The Morgan fingerprint density at radius 1 is 1.26 bits per heavy atom. The topological polar surface area (TPSA) is 56.0 Å². The summed E-state index contributed by atoms with van der Waals surface area (Å²) in [5.74, 6) is 0.320. The van der Waals surface area contributed by atoms with Crippen molar-refractivity contribution >= 4 is 34.0 Å². The van der Waals surface area contributed by atoms with E-state index in [0.717, 1.165) is 11.3 Å². The summed E-state index contributed by atoms with van der Waals surface area (Å²) in [5, 5.41) is 0.957. The quantitative estimate of drug-likeness (QED) is 0.943. The number of benzene rings is 1. The summed E-state index contributed by atoms with van der Waals surface area (Å²) in [7, 11) is -1.28. The second-order valence-electron chi connectivity index (χ2n) is 3.88. The maximum Gasteiger partial charge on any atom is 0.0592 e. The summed E-state index contributed by atoms with van der Waals surface area (Å²) in [4.78, 5) is 4.69. The molecule has 0 amide bonds. The zero-order valence-corrected chi connectivity index (χ0v) is 12.3. The fraction of sp³-hybridized carbons (Fsp3) is 0.154. The van der Waals surface area contributed by atoms with Crippen molar-refractivity contribution in [2.24, 2.45) is 5.73 Å². The molecular weight excluding hydrogens is 303 g/mol. The van der Waals surface area contributed by atoms with Gasteiger partial charge < -0.3 is 5.73 Å². The molecule has 6 heteroatoms. The van der Waals surface area contributed by atoms with Crippen molar-refractivity contribution in [1.29, 1.82) is 0 Å². The molecule has 0 spiro atoms. The summed E-state index contributed by atoms with van der Waals surface area (Å²) in [6, 6.07) is 8.60. The lowest BCUT2D eigenvalue weighted by molar-refractivity contribution is 0.682. The number of rotatable bonds is 4. The standard InChI is InChI=1S/C13H12Cl2N2OS/c14-10-3-4-11(15)13(6-10)19(18)8-9-2-1-5-17-12(9)7-16/h1-6H,7-8,16H2. The van der Waals surface area contributed by atoms with E-state index in [1.54, 1.807) is 30.5 Å². The van der Waals surface area contributed by atoms with E-state index < -0.39 is 10.8 Å². The summed E-state index contributed by atoms with van der Waals surface area (Å²) in [6.07, 6.45) is 1.67. The Kier molecular flexibility index (Phi) is 4.93. The predicted octanol–water partition coefficient (Wildman–Crippen LogP) is 3.15. The summed E-state index contributed by atoms with van der Waals surface area (Å²) < 4.78 is 12.4. The van der Waals surface area contributed by atoms with E-state index >= 15 is 0 Å². The van der Waals surface area contributed by atoms with Crippen molar-refractivity contribution in [2.75, 3.05) is 0 Å². The van der Waals surface area contributed by atoms with Gasteiger partial charge in [0, 0.05) is 17.8 Å². The van der Waals surface area contributed by atoms with E-state index in [1.807, 2.05) is 6.07 Å². The number of halogens is 2. The Balaban J connectivity index is 2.28. The van der Waals surface area contributed by atoms with Crippen LogP contribution in [0.1, 0.15) is 11.3 Å². The highest BCUT2D eigenvalue weighted by Gasteiger charge is 2.12. The van der Waals surface area contributed by atoms with E-state index in [4.69, 9.17) is 28.9 Å². The van der Waals surface area contributed by atoms with E-state index in [1.165, 1.54) is 0 Å². The van der Waals surface area contributed by atoms with Gasteiger partial charge in [-0.05, 0) is 29.8 Å². The Morgan fingerprint density at radius 3 is 2.79 bits per heavy atom. The van der Waals surface area contributed by atoms with E-state index in [2.05, 4.69) is 4.98 Å². The van der Waals surface area contributed by atoms with Gasteiger partial charge in [0.15, 0.2) is 0 Å². The van der Waals surface area contributed by atoms with Crippen LogP contribution in [0.3, 0.4) is 0 Å². The highest BCUT2D eigenvalue weighted by molar-refractivity contribution is 7.84. The number of nitrogens with two attached hydrogens (primary N) is 1. The van der Waals surface area contributed by atoms with Gasteiger partial charge in [-0.2, -0.15) is 0 Å². The Morgan fingerprint density at radius 2 is 2.05 bits per heavy atom. The number of aromatic nitrogens is 1. The highest BCUT2D eigenvalue weighted by Crippen LogP contribution is 2.25. The van der Waals surface area contributed by atoms with Gasteiger partial charge >= 0.3 is 0 Å². The van der Waals surface area contributed by atoms with Gasteiger partial charge in [0.2, 0.25) is 0 Å². The lowest BCUT2D eigenvalue weighted by atomic mass is 10.2. The number of hydrogen-bond acceptors (Lipinski definition) is 3. The maximum absolute atomic E-state index is 12.4. The first-order valence-corrected chi connectivity index (χ1v) is 7.65. The molecule has 0 fully saturated rings. The number of hydrogen-bond donors (Lipinski definition) is 1. The molecule has 0 saturated carbocycles. The molecule has 0 bridgehead atoms. The largest absolute Gasteiger partial charge is 0.325 e. The van der Waals surface area contributed by atoms with Gasteiger partial charge in [-0.25, -0.2) is 0 Å². The molecular formula is C13H12Cl2N2OS. The Hall–Kier alpha value is -0.940. The summed E-state index contributed by atoms with van der Waals surface area (Å²) >= 11 is 11.9. The first-order chi connectivity index (χ1) is 9.11. The first-order valence-electron chi connectivity index (χ1n) is 5.58. The van der Waals surface area contributed by atoms with Crippen molar-refractivity contribution in [3.05, 3.63) is 57.8 Å². The first kappa shape index (κ1) is 14.5. The van der Waals surface area contributed by atoms with Gasteiger partial charge in [0.25, 0.3) is 0 Å². The third-order valence-electron chi connectivity index (χ3n) is 2.60. The minimum Gasteiger partial charge on any atom is -0.325 e. The average Bonchev–Trinajstić information content (AvgIpc) is 2.42. The molecule has 0 saturated heterocycles. The van der Waals surface area contributed by atoms with Crippen LogP contribution in [-0.2, 0) is 23.1 Å². The van der Waals surface area contributed by atoms with E-state index in [0.29, 0.717) is 27.2 Å². The minimum absolute atomic E-state index is 0.316. The normalized spacial score (nSPS) is 12.4. The molecule has 1 aromatic heterocycles. The van der Waals surface area contributed by atoms with Crippen LogP contribution in [0.15, 0.2) is 41.4 Å². The predicted molar refractivity (Wildman–Crippen MR) is 78.7 cm³/mol. The van der Waals surface area contributed by atoms with E-state index in [9.17, 15) is 4.21 Å². The van der Waals surface area contributed by atoms with Crippen LogP contribution >= 0.6 is 23.2 Å². The molecule has 0 radical (unpaired) electrons. The summed E-state index contributed by atoms with van der Waals surface area (Å²) in [6.45, 7) is 0.316. The monoisotopic (exact) mass is 314 g/mol. The fourth-order valence-corrected chi connectivity index (χ4v) is 3.51. The third-order valence-corrected chi connectivity index (χ3v) is 4.68. The maximum atomic E-state index is 12.4. The third kappa shape index (κ3) is 3.54. The van der Waals surface area contributed by atoms with Crippen molar-refractivity contribution in [3.63, 3.8) is 0 Å². The van der Waals surface area contributed by atoms with Gasteiger partial charge in [-0.15, -0.1) is 0 Å². The summed E-state index contributed by atoms with van der Waals surface area (Å²) in [5.41, 5.74) is 7.22. The van der Waals surface area contributed by atoms with Crippen LogP contribution in [0.5, 0.6) is 0 Å². The van der Waals surface area contributed by atoms with Crippen LogP contribution in [0.2, 0.25) is 10.0 Å². The zero-order chi connectivity index (χ0) is 13.8. The van der Waals surface area contributed by atoms with Crippen LogP contribution in [0.25, 0.3) is 0 Å². The van der Waals surface area contributed by atoms with Crippen molar-refractivity contribution in [1.82, 2.24) is 4.98 Å². The van der Waals surface area contributed by atoms with Gasteiger partial charge in [0.1, 0.15) is 0 Å². The highest BCUT2D eigenvalue weighted by atomic mass is 35.5. The molecule has 100 valence electrons. The van der Waals surface area contributed by atoms with Gasteiger partial charge in [-0.3, -0.25) is 9.19 Å². The molecule has 2 aromatic rings. The van der Waals surface area contributed by atoms with Gasteiger partial charge in [-0.1, -0.05) is 29.3 Å². The van der Waals surface area contributed by atoms with Crippen LogP contribution in [-0.4, -0.2) is 9.19 Å². The molecule has 1 unspecified atom stereocenters. The van der Waals surface area contributed by atoms with Crippen molar-refractivity contribution < 1.29 is 4.21 Å². The molecule has 0 aliphatic carbocycles. The van der Waals surface area contributed by atoms with Crippen LogP contribution in [0.4, 0.5) is 0 Å². The lowest BCUT2D eigenvalue weighted by Crippen LogP contribution is -2.07. The van der Waals surface area contributed by atoms with Crippen molar-refractivity contribution in [3.8, 4) is 0 Å². The molecule has 2 N–H and O–H groups in total. The SMILES string of the molecule is NCc1ncccc1CS(=O)c1cc(Cl)ccc1Cl. The Labute approximate surface area is 124 Å². The Bertz CT molecular complexity index is 619. The smallest absolute Gasteiger partial charge is 0.0592 e. The molecule has 19 heavy (non-hydrogen) atoms. The van der Waals surface area contributed by atoms with Crippen molar-refractivity contribution in [2.45, 2.75) is 17.2 Å². The van der Waals surface area contributed by atoms with Crippen LogP contribution < -0.4 is 5.73 Å². The number of nitrogens with zero attached hydrogens (tertiary/aromatic N) is 1. The van der Waals surface area contributed by atoms with Gasteiger partial charge in [0.05, 0.1) is 32.2 Å². The minimum atomic E-state index is -1.28. The van der Waals surface area contributed by atoms with E-state index in [-0.39, 0.29) is 0 Å². The second kappa shape index (κ2) is 6.48. The number of pyridine rings is 1. The molecule has 0 aliphatic rings. The lowest BCUT2D eigenvalue weighted by Gasteiger charge is -2.08. The second-order valence-corrected chi connectivity index (χ2v) is 6.14. The molecule has 1 heterocycles.